The van der Waals surface area contributed by atoms with Crippen LogP contribution in [0.1, 0.15) is 32.6 Å². The first-order valence-electron chi connectivity index (χ1n) is 5.53. The van der Waals surface area contributed by atoms with Crippen LogP contribution in [0.2, 0.25) is 0 Å². The number of aliphatic carboxylic acids is 1. The Morgan fingerprint density at radius 1 is 1.69 bits per heavy atom. The van der Waals surface area contributed by atoms with E-state index in [9.17, 15) is 9.90 Å². The van der Waals surface area contributed by atoms with Crippen molar-refractivity contribution < 1.29 is 14.7 Å². The van der Waals surface area contributed by atoms with Crippen LogP contribution in [0, 0.1) is 5.92 Å². The van der Waals surface area contributed by atoms with Gasteiger partial charge in [0.15, 0.2) is 0 Å². The SMILES string of the molecule is CC(CC1CCC1)(On1cccn1)C(=O)O. The third-order valence-electron chi connectivity index (χ3n) is 3.13. The molecule has 1 N–H and O–H groups in total. The van der Waals surface area contributed by atoms with E-state index in [4.69, 9.17) is 4.84 Å². The molecule has 88 valence electrons. The third kappa shape index (κ3) is 2.18. The highest BCUT2D eigenvalue weighted by molar-refractivity contribution is 5.76. The van der Waals surface area contributed by atoms with Crippen molar-refractivity contribution in [2.45, 2.75) is 38.2 Å². The molecule has 1 heterocycles. The average molecular weight is 224 g/mol. The lowest BCUT2D eigenvalue weighted by atomic mass is 9.78. The van der Waals surface area contributed by atoms with Gasteiger partial charge in [-0.25, -0.2) is 4.79 Å². The number of aromatic nitrogens is 2. The van der Waals surface area contributed by atoms with Crippen LogP contribution in [0.3, 0.4) is 0 Å². The van der Waals surface area contributed by atoms with E-state index in [0.717, 1.165) is 12.8 Å². The smallest absolute Gasteiger partial charge is 0.350 e. The van der Waals surface area contributed by atoms with Crippen LogP contribution in [-0.2, 0) is 4.79 Å². The lowest BCUT2D eigenvalue weighted by Crippen LogP contribution is -2.48. The van der Waals surface area contributed by atoms with Crippen molar-refractivity contribution in [2.24, 2.45) is 5.92 Å². The summed E-state index contributed by atoms with van der Waals surface area (Å²) in [6.45, 7) is 1.61. The Morgan fingerprint density at radius 3 is 2.88 bits per heavy atom. The van der Waals surface area contributed by atoms with E-state index in [-0.39, 0.29) is 0 Å². The van der Waals surface area contributed by atoms with Crippen molar-refractivity contribution >= 4 is 5.97 Å². The number of carbonyl (C=O) groups is 1. The van der Waals surface area contributed by atoms with Gasteiger partial charge in [0.05, 0.1) is 12.4 Å². The van der Waals surface area contributed by atoms with E-state index >= 15 is 0 Å². The minimum Gasteiger partial charge on any atom is -0.478 e. The van der Waals surface area contributed by atoms with Gasteiger partial charge in [-0.15, -0.1) is 9.94 Å². The monoisotopic (exact) mass is 224 g/mol. The number of nitrogens with zero attached hydrogens (tertiary/aromatic N) is 2. The summed E-state index contributed by atoms with van der Waals surface area (Å²) in [4.78, 5) is 17.9. The second-order valence-corrected chi connectivity index (χ2v) is 4.54. The molecule has 0 bridgehead atoms. The quantitative estimate of drug-likeness (QED) is 0.819. The minimum atomic E-state index is -1.18. The fraction of sp³-hybridized carbons (Fsp3) is 0.636. The molecule has 1 aromatic heterocycles. The Balaban J connectivity index is 2.05. The van der Waals surface area contributed by atoms with Gasteiger partial charge in [-0.2, -0.15) is 0 Å². The summed E-state index contributed by atoms with van der Waals surface area (Å²) in [6.07, 6.45) is 7.11. The first kappa shape index (κ1) is 11.0. The summed E-state index contributed by atoms with van der Waals surface area (Å²) in [5, 5.41) is 13.1. The number of carboxylic acid groups (broad SMARTS) is 1. The first-order chi connectivity index (χ1) is 7.60. The Morgan fingerprint density at radius 2 is 2.44 bits per heavy atom. The van der Waals surface area contributed by atoms with E-state index < -0.39 is 11.6 Å². The zero-order valence-corrected chi connectivity index (χ0v) is 9.30. The molecule has 0 saturated heterocycles. The number of rotatable bonds is 5. The maximum absolute atomic E-state index is 11.3. The molecule has 0 spiro atoms. The molecule has 16 heavy (non-hydrogen) atoms. The topological polar surface area (TPSA) is 64.4 Å². The molecule has 5 heteroatoms. The van der Waals surface area contributed by atoms with Crippen molar-refractivity contribution in [1.29, 1.82) is 0 Å². The highest BCUT2D eigenvalue weighted by Crippen LogP contribution is 2.34. The van der Waals surface area contributed by atoms with Crippen LogP contribution in [0.25, 0.3) is 0 Å². The lowest BCUT2D eigenvalue weighted by Gasteiger charge is -2.33. The van der Waals surface area contributed by atoms with Crippen LogP contribution < -0.4 is 4.84 Å². The van der Waals surface area contributed by atoms with Crippen LogP contribution in [0.4, 0.5) is 0 Å². The second-order valence-electron chi connectivity index (χ2n) is 4.54. The molecule has 1 aliphatic carbocycles. The largest absolute Gasteiger partial charge is 0.478 e. The number of carboxylic acids is 1. The van der Waals surface area contributed by atoms with Gasteiger partial charge < -0.3 is 9.94 Å². The molecule has 1 aromatic rings. The molecular weight excluding hydrogens is 208 g/mol. The summed E-state index contributed by atoms with van der Waals surface area (Å²) < 4.78 is 0. The van der Waals surface area contributed by atoms with Crippen molar-refractivity contribution in [3.8, 4) is 0 Å². The molecule has 1 atom stereocenters. The molecule has 0 aromatic carbocycles. The van der Waals surface area contributed by atoms with Gasteiger partial charge in [0.1, 0.15) is 0 Å². The van der Waals surface area contributed by atoms with Crippen LogP contribution in [0.5, 0.6) is 0 Å². The van der Waals surface area contributed by atoms with E-state index in [0.29, 0.717) is 12.3 Å². The van der Waals surface area contributed by atoms with Crippen molar-refractivity contribution in [1.82, 2.24) is 9.94 Å². The molecule has 1 unspecified atom stereocenters. The van der Waals surface area contributed by atoms with E-state index in [1.807, 2.05) is 0 Å². The maximum Gasteiger partial charge on any atom is 0.350 e. The summed E-state index contributed by atoms with van der Waals surface area (Å²) in [6, 6.07) is 1.70. The molecule has 0 aliphatic heterocycles. The third-order valence-corrected chi connectivity index (χ3v) is 3.13. The first-order valence-corrected chi connectivity index (χ1v) is 5.53. The standard InChI is InChI=1S/C11H16N2O3/c1-11(10(14)15,8-9-4-2-5-9)16-13-7-3-6-12-13/h3,6-7,9H,2,4-5,8H2,1H3,(H,14,15). The van der Waals surface area contributed by atoms with E-state index in [2.05, 4.69) is 5.10 Å². The normalized spacial score (nSPS) is 19.8. The van der Waals surface area contributed by atoms with Crippen molar-refractivity contribution in [2.75, 3.05) is 0 Å². The highest BCUT2D eigenvalue weighted by Gasteiger charge is 2.40. The molecule has 0 amide bonds. The maximum atomic E-state index is 11.3. The molecular formula is C11H16N2O3. The van der Waals surface area contributed by atoms with Gasteiger partial charge in [-0.1, -0.05) is 19.3 Å². The number of hydrogen-bond donors (Lipinski definition) is 1. The molecule has 0 radical (unpaired) electrons. The lowest BCUT2D eigenvalue weighted by molar-refractivity contribution is -0.170. The van der Waals surface area contributed by atoms with Crippen molar-refractivity contribution in [3.05, 3.63) is 18.5 Å². The van der Waals surface area contributed by atoms with Crippen LogP contribution in [0.15, 0.2) is 18.5 Å². The van der Waals surface area contributed by atoms with Crippen molar-refractivity contribution in [3.63, 3.8) is 0 Å². The fourth-order valence-corrected chi connectivity index (χ4v) is 1.93. The summed E-state index contributed by atoms with van der Waals surface area (Å²) in [5.41, 5.74) is -1.18. The Bertz CT molecular complexity index is 359. The van der Waals surface area contributed by atoms with E-state index in [1.54, 1.807) is 25.4 Å². The molecule has 1 fully saturated rings. The Hall–Kier alpha value is -1.52. The zero-order chi connectivity index (χ0) is 11.6. The summed E-state index contributed by atoms with van der Waals surface area (Å²) in [5.74, 6) is -0.466. The predicted octanol–water partition coefficient (Wildman–Crippen LogP) is 1.35. The van der Waals surface area contributed by atoms with Gasteiger partial charge in [0.25, 0.3) is 0 Å². The zero-order valence-electron chi connectivity index (χ0n) is 9.30. The van der Waals surface area contributed by atoms with Crippen LogP contribution in [-0.4, -0.2) is 26.6 Å². The highest BCUT2D eigenvalue weighted by atomic mass is 16.7. The van der Waals surface area contributed by atoms with Gasteiger partial charge in [0.2, 0.25) is 5.60 Å². The average Bonchev–Trinajstić information content (AvgIpc) is 2.64. The predicted molar refractivity (Wildman–Crippen MR) is 56.8 cm³/mol. The van der Waals surface area contributed by atoms with Gasteiger partial charge >= 0.3 is 5.97 Å². The van der Waals surface area contributed by atoms with Gasteiger partial charge in [-0.05, 0) is 18.9 Å². The summed E-state index contributed by atoms with van der Waals surface area (Å²) in [7, 11) is 0. The summed E-state index contributed by atoms with van der Waals surface area (Å²) >= 11 is 0. The molecule has 5 nitrogen and oxygen atoms in total. The minimum absolute atomic E-state index is 0.469. The fourth-order valence-electron chi connectivity index (χ4n) is 1.93. The van der Waals surface area contributed by atoms with Crippen LogP contribution >= 0.6 is 0 Å². The Labute approximate surface area is 94.0 Å². The van der Waals surface area contributed by atoms with E-state index in [1.165, 1.54) is 11.3 Å². The Kier molecular flexibility index (Phi) is 2.85. The molecule has 2 rings (SSSR count). The van der Waals surface area contributed by atoms with Gasteiger partial charge in [0, 0.05) is 6.42 Å². The molecule has 1 saturated carbocycles. The van der Waals surface area contributed by atoms with Gasteiger partial charge in [-0.3, -0.25) is 0 Å². The number of hydrogen-bond acceptors (Lipinski definition) is 3. The second kappa shape index (κ2) is 4.15. The molecule has 1 aliphatic rings.